The van der Waals surface area contributed by atoms with Gasteiger partial charge in [0.1, 0.15) is 17.1 Å². The van der Waals surface area contributed by atoms with Crippen molar-refractivity contribution < 1.29 is 18.0 Å². The first-order chi connectivity index (χ1) is 16.8. The molecular formula is C23H23ClF3N7O. The number of pyridine rings is 1. The molecule has 1 saturated heterocycles. The number of carbonyl (C=O) groups excluding carboxylic acids is 1. The number of halogens is 4. The van der Waals surface area contributed by atoms with Gasteiger partial charge in [0.2, 0.25) is 5.95 Å². The van der Waals surface area contributed by atoms with E-state index in [1.807, 2.05) is 0 Å². The maximum absolute atomic E-state index is 13.5. The predicted octanol–water partition coefficient (Wildman–Crippen LogP) is 4.95. The maximum atomic E-state index is 13.5. The largest absolute Gasteiger partial charge is 0.421 e. The van der Waals surface area contributed by atoms with Gasteiger partial charge in [-0.2, -0.15) is 18.2 Å². The van der Waals surface area contributed by atoms with Crippen LogP contribution in [0.2, 0.25) is 5.02 Å². The van der Waals surface area contributed by atoms with Crippen LogP contribution in [0.25, 0.3) is 0 Å². The van der Waals surface area contributed by atoms with E-state index >= 15 is 0 Å². The van der Waals surface area contributed by atoms with Crippen molar-refractivity contribution in [1.82, 2.24) is 20.3 Å². The Labute approximate surface area is 204 Å². The minimum absolute atomic E-state index is 0.0222. The Morgan fingerprint density at radius 2 is 1.74 bits per heavy atom. The van der Waals surface area contributed by atoms with Crippen LogP contribution in [-0.2, 0) is 6.18 Å². The summed E-state index contributed by atoms with van der Waals surface area (Å²) in [5, 5.41) is 12.2. The van der Waals surface area contributed by atoms with Crippen LogP contribution in [0, 0.1) is 5.92 Å². The number of benzene rings is 1. The van der Waals surface area contributed by atoms with Crippen molar-refractivity contribution in [3.05, 3.63) is 65.1 Å². The van der Waals surface area contributed by atoms with Crippen molar-refractivity contribution >= 4 is 40.6 Å². The zero-order chi connectivity index (χ0) is 24.8. The lowest BCUT2D eigenvalue weighted by Crippen LogP contribution is -2.31. The molecule has 0 atom stereocenters. The lowest BCUT2D eigenvalue weighted by atomic mass is 9.98. The molecule has 1 aliphatic rings. The first kappa shape index (κ1) is 24.7. The fourth-order valence-corrected chi connectivity index (χ4v) is 3.70. The second-order valence-electron chi connectivity index (χ2n) is 8.05. The van der Waals surface area contributed by atoms with E-state index in [1.54, 1.807) is 30.3 Å². The second kappa shape index (κ2) is 10.9. The summed E-state index contributed by atoms with van der Waals surface area (Å²) in [5.41, 5.74) is 0.204. The fraction of sp³-hybridized carbons (Fsp3) is 0.304. The van der Waals surface area contributed by atoms with Crippen molar-refractivity contribution in [3.63, 3.8) is 0 Å². The summed E-state index contributed by atoms with van der Waals surface area (Å²) in [7, 11) is 0. The summed E-state index contributed by atoms with van der Waals surface area (Å²) < 4.78 is 40.4. The summed E-state index contributed by atoms with van der Waals surface area (Å²) in [4.78, 5) is 24.3. The summed E-state index contributed by atoms with van der Waals surface area (Å²) >= 11 is 5.84. The normalized spacial score (nSPS) is 14.4. The quantitative estimate of drug-likeness (QED) is 0.360. The molecule has 8 nitrogen and oxygen atoms in total. The molecule has 3 aromatic rings. The van der Waals surface area contributed by atoms with Crippen molar-refractivity contribution in [2.75, 3.05) is 35.6 Å². The van der Waals surface area contributed by atoms with E-state index in [9.17, 15) is 18.0 Å². The maximum Gasteiger partial charge on any atom is 0.421 e. The van der Waals surface area contributed by atoms with Crippen LogP contribution < -0.4 is 21.3 Å². The van der Waals surface area contributed by atoms with Gasteiger partial charge in [-0.1, -0.05) is 11.6 Å². The molecule has 35 heavy (non-hydrogen) atoms. The van der Waals surface area contributed by atoms with E-state index in [4.69, 9.17) is 11.6 Å². The average Bonchev–Trinajstić information content (AvgIpc) is 2.84. The molecule has 12 heteroatoms. The molecule has 0 spiro atoms. The van der Waals surface area contributed by atoms with Crippen molar-refractivity contribution in [1.29, 1.82) is 0 Å². The molecule has 1 aliphatic heterocycles. The highest BCUT2D eigenvalue weighted by Gasteiger charge is 2.35. The van der Waals surface area contributed by atoms with Gasteiger partial charge in [-0.15, -0.1) is 0 Å². The van der Waals surface area contributed by atoms with Crippen molar-refractivity contribution in [3.8, 4) is 0 Å². The van der Waals surface area contributed by atoms with Crippen molar-refractivity contribution in [2.45, 2.75) is 19.0 Å². The molecule has 0 unspecified atom stereocenters. The molecule has 1 amide bonds. The fourth-order valence-electron chi connectivity index (χ4n) is 3.57. The molecule has 184 valence electrons. The molecule has 1 fully saturated rings. The Morgan fingerprint density at radius 3 is 2.40 bits per heavy atom. The number of hydrogen-bond donors (Lipinski definition) is 4. The van der Waals surface area contributed by atoms with Crippen LogP contribution >= 0.6 is 11.6 Å². The zero-order valence-corrected chi connectivity index (χ0v) is 19.2. The van der Waals surface area contributed by atoms with Crippen LogP contribution in [0.3, 0.4) is 0 Å². The lowest BCUT2D eigenvalue weighted by Gasteiger charge is -2.24. The predicted molar refractivity (Wildman–Crippen MR) is 128 cm³/mol. The first-order valence-corrected chi connectivity index (χ1v) is 11.3. The number of carbonyl (C=O) groups is 1. The van der Waals surface area contributed by atoms with E-state index in [2.05, 4.69) is 36.2 Å². The highest BCUT2D eigenvalue weighted by Crippen LogP contribution is 2.34. The summed E-state index contributed by atoms with van der Waals surface area (Å²) in [6.45, 7) is 2.08. The molecule has 0 bridgehead atoms. The number of nitrogens with one attached hydrogen (secondary N) is 4. The van der Waals surface area contributed by atoms with E-state index in [-0.39, 0.29) is 23.4 Å². The standard InChI is InChI=1S/C23H23ClF3N7O/c24-15-1-3-16(4-2-15)32-21(35)19-6-5-17(12-29-19)33-22-31-13-18(23(25,26)27)20(34-22)30-11-14-7-9-28-10-8-14/h1-6,12-14,28H,7-11H2,(H,32,35)(H2,30,31,33,34). The van der Waals surface area contributed by atoms with Crippen LogP contribution in [0.4, 0.5) is 36.3 Å². The Hall–Kier alpha value is -3.44. The SMILES string of the molecule is O=C(Nc1ccc(Cl)cc1)c1ccc(Nc2ncc(C(F)(F)F)c(NCC3CCNCC3)n2)cn1. The number of piperidine rings is 1. The van der Waals surface area contributed by atoms with Gasteiger partial charge < -0.3 is 21.3 Å². The minimum Gasteiger partial charge on any atom is -0.369 e. The monoisotopic (exact) mass is 505 g/mol. The number of aromatic nitrogens is 3. The molecule has 2 aromatic heterocycles. The Morgan fingerprint density at radius 1 is 1.03 bits per heavy atom. The van der Waals surface area contributed by atoms with Crippen LogP contribution in [0.5, 0.6) is 0 Å². The van der Waals surface area contributed by atoms with Crippen LogP contribution in [0.15, 0.2) is 48.8 Å². The average molecular weight is 506 g/mol. The Kier molecular flexibility index (Phi) is 7.67. The number of hydrogen-bond acceptors (Lipinski definition) is 7. The summed E-state index contributed by atoms with van der Waals surface area (Å²) in [6.07, 6.45) is -0.695. The van der Waals surface area contributed by atoms with Gasteiger partial charge in [-0.05, 0) is 68.2 Å². The summed E-state index contributed by atoms with van der Waals surface area (Å²) in [5.74, 6) is -0.458. The van der Waals surface area contributed by atoms with E-state index in [1.165, 1.54) is 12.3 Å². The van der Waals surface area contributed by atoms with Gasteiger partial charge in [0.05, 0.1) is 11.9 Å². The molecule has 4 N–H and O–H groups in total. The molecular weight excluding hydrogens is 483 g/mol. The highest BCUT2D eigenvalue weighted by atomic mass is 35.5. The number of nitrogens with zero attached hydrogens (tertiary/aromatic N) is 3. The minimum atomic E-state index is -4.59. The molecule has 1 aromatic carbocycles. The van der Waals surface area contributed by atoms with Crippen LogP contribution in [-0.4, -0.2) is 40.5 Å². The second-order valence-corrected chi connectivity index (χ2v) is 8.48. The van der Waals surface area contributed by atoms with Gasteiger partial charge in [-0.3, -0.25) is 4.79 Å². The third-order valence-electron chi connectivity index (χ3n) is 5.47. The first-order valence-electron chi connectivity index (χ1n) is 11.0. The third-order valence-corrected chi connectivity index (χ3v) is 5.72. The molecule has 0 radical (unpaired) electrons. The topological polar surface area (TPSA) is 104 Å². The van der Waals surface area contributed by atoms with E-state index in [0.29, 0.717) is 22.9 Å². The molecule has 0 aliphatic carbocycles. The number of alkyl halides is 3. The third kappa shape index (κ3) is 6.80. The van der Waals surface area contributed by atoms with E-state index < -0.39 is 17.6 Å². The highest BCUT2D eigenvalue weighted by molar-refractivity contribution is 6.30. The zero-order valence-electron chi connectivity index (χ0n) is 18.5. The van der Waals surface area contributed by atoms with Crippen LogP contribution in [0.1, 0.15) is 28.9 Å². The number of rotatable bonds is 7. The molecule has 0 saturated carbocycles. The van der Waals surface area contributed by atoms with E-state index in [0.717, 1.165) is 32.1 Å². The smallest absolute Gasteiger partial charge is 0.369 e. The molecule has 4 rings (SSSR count). The van der Waals surface area contributed by atoms with Crippen molar-refractivity contribution in [2.24, 2.45) is 5.92 Å². The van der Waals surface area contributed by atoms with Gasteiger partial charge in [-0.25, -0.2) is 9.97 Å². The number of amides is 1. The Balaban J connectivity index is 1.43. The van der Waals surface area contributed by atoms with Gasteiger partial charge >= 0.3 is 6.18 Å². The Bertz CT molecular complexity index is 1150. The number of anilines is 4. The van der Waals surface area contributed by atoms with Gasteiger partial charge in [0, 0.05) is 23.5 Å². The van der Waals surface area contributed by atoms with Gasteiger partial charge in [0.15, 0.2) is 0 Å². The summed E-state index contributed by atoms with van der Waals surface area (Å²) in [6, 6.07) is 9.67. The molecule has 3 heterocycles. The lowest BCUT2D eigenvalue weighted by molar-refractivity contribution is -0.137. The van der Waals surface area contributed by atoms with Gasteiger partial charge in [0.25, 0.3) is 5.91 Å².